The zero-order valence-electron chi connectivity index (χ0n) is 46.9. The van der Waals surface area contributed by atoms with Crippen LogP contribution >= 0.6 is 13.4 Å². The number of fused-ring (bicyclic) bond motifs is 4. The Kier molecular flexibility index (Phi) is 20.4. The first-order valence-electron chi connectivity index (χ1n) is 27.2. The molecule has 42 heteroatoms. The maximum absolute atomic E-state index is 16.7. The number of nitrogens with zero attached hydrogens (tertiary/aromatic N) is 10. The highest BCUT2D eigenvalue weighted by Crippen LogP contribution is 2.55. The molecule has 490 valence electrons. The highest BCUT2D eigenvalue weighted by molar-refractivity contribution is 8.07. The molecule has 5 aliphatic heterocycles. The van der Waals surface area contributed by atoms with E-state index in [9.17, 15) is 63.8 Å². The Hall–Kier alpha value is -7.37. The quantitative estimate of drug-likeness (QED) is 0.0390. The van der Waals surface area contributed by atoms with E-state index in [4.69, 9.17) is 75.9 Å². The van der Waals surface area contributed by atoms with Crippen LogP contribution in [0.3, 0.4) is 0 Å². The summed E-state index contributed by atoms with van der Waals surface area (Å²) in [4.78, 5) is 136. The van der Waals surface area contributed by atoms with E-state index in [-0.39, 0.29) is 95.5 Å². The van der Waals surface area contributed by atoms with Crippen LogP contribution in [0.5, 0.6) is 5.75 Å². The monoisotopic (exact) mass is 1360 g/mol. The lowest BCUT2D eigenvalue weighted by molar-refractivity contribution is -0.271. The number of carboxylic acids is 1. The highest BCUT2D eigenvalue weighted by atomic mass is 32.5. The SMILES string of the molecule is CN(CCOC(=O)Nc1ncnc2c1ncn2[C@@H]1O[C@@H]2COP(O)(=S)O[C@H]3[C@@H](F)[C@H](n4cnc5c(N)ncnc54)O[C@@H]3COP(O)(=S)O[C@H]2[C@H]1F)C(=O)OCc1ccc(O[C@@H]2O[C@H](C(=O)O)[C@@H](O)[C@H](O)[C@H]2O)c(NC(=O)CCCC(=O)CCN2C(=O)C=CC2=O)c1. The number of ketones is 1. The number of carbonyl (C=O) groups is 7. The topological polar surface area (TPSA) is 477 Å². The Balaban J connectivity index is 0.725. The molecule has 5 amide bonds. The van der Waals surface area contributed by atoms with E-state index in [0.717, 1.165) is 45.5 Å². The number of amides is 5. The molecule has 5 aromatic rings. The molecule has 36 nitrogen and oxygen atoms in total. The second kappa shape index (κ2) is 27.8. The number of hydrogen-bond donors (Lipinski definition) is 9. The zero-order chi connectivity index (χ0) is 65.2. The third-order valence-corrected chi connectivity index (χ3v) is 17.6. The first-order valence-corrected chi connectivity index (χ1v) is 32.3. The van der Waals surface area contributed by atoms with Gasteiger partial charge in [-0.3, -0.25) is 47.6 Å². The predicted octanol–water partition coefficient (Wildman–Crippen LogP) is 0.0513. The minimum Gasteiger partial charge on any atom is -0.479 e. The van der Waals surface area contributed by atoms with Crippen molar-refractivity contribution in [2.45, 2.75) is 112 Å². The number of alkyl halides is 2. The number of likely N-dealkylation sites (N-methyl/N-ethyl adjacent to an activating group) is 1. The number of hydrogen-bond acceptors (Lipinski definition) is 29. The van der Waals surface area contributed by atoms with Gasteiger partial charge in [-0.1, -0.05) is 6.07 Å². The van der Waals surface area contributed by atoms with Crippen molar-refractivity contribution in [1.82, 2.24) is 48.8 Å². The third kappa shape index (κ3) is 15.1. The molecule has 4 saturated heterocycles. The van der Waals surface area contributed by atoms with Crippen LogP contribution in [0, 0.1) is 0 Å². The molecule has 91 heavy (non-hydrogen) atoms. The fraction of sp³-hybridized carbons (Fsp3) is 0.490. The van der Waals surface area contributed by atoms with Crippen molar-refractivity contribution in [2.24, 2.45) is 0 Å². The van der Waals surface area contributed by atoms with Gasteiger partial charge in [0.05, 0.1) is 38.1 Å². The number of carboxylic acid groups (broad SMARTS) is 1. The van der Waals surface area contributed by atoms with E-state index in [0.29, 0.717) is 0 Å². The molecule has 0 saturated carbocycles. The van der Waals surface area contributed by atoms with Crippen LogP contribution in [-0.4, -0.2) is 228 Å². The van der Waals surface area contributed by atoms with Crippen molar-refractivity contribution in [1.29, 1.82) is 0 Å². The number of carbonyl (C=O) groups excluding carboxylic acids is 6. The number of aliphatic hydroxyl groups excluding tert-OH is 3. The molecule has 0 radical (unpaired) electrons. The summed E-state index contributed by atoms with van der Waals surface area (Å²) < 4.78 is 91.3. The number of nitrogen functional groups attached to an aromatic ring is 1. The number of rotatable bonds is 19. The fourth-order valence-corrected chi connectivity index (χ4v) is 12.7. The lowest BCUT2D eigenvalue weighted by Gasteiger charge is -2.38. The van der Waals surface area contributed by atoms with Gasteiger partial charge >= 0.3 is 31.6 Å². The summed E-state index contributed by atoms with van der Waals surface area (Å²) in [5.74, 6) is -4.29. The van der Waals surface area contributed by atoms with Gasteiger partial charge in [-0.05, 0) is 47.7 Å². The van der Waals surface area contributed by atoms with Crippen LogP contribution < -0.4 is 21.1 Å². The molecular weight excluding hydrogens is 1300 g/mol. The maximum atomic E-state index is 16.7. The standard InChI is InChI=1S/C49H55F2N13O23P2S2/c1-61(49(75)79-14-21-5-6-24(84-47-36(71)34(69)35(70)39(85-47)46(72)73)23(13-21)59-27(66)4-2-3-22(65)9-10-62-28(67)7-8-29(62)68)11-12-78-48(74)60-41-33-43(56-18-54-41)64(20-58-33)45-31(51)38-26(83-45)16-81-88(76,90)86-37-25(15-80-89(77,91)87-38)82-44(30(37)50)63-19-57-32-40(52)53-17-55-42(32)63/h5-8,13,17-20,25-26,30-31,34-39,44-45,47,69-71H,2-4,9-12,14-16H2,1H3,(H,59,66)(H,72,73)(H,76,90)(H,77,91)(H2,52,53,55)(H,54,56,60,74)/t25-,26-,30-,31-,34+,35+,36-,37-,38-,39+,44-,45-,47-,88?,89?/m1/s1. The van der Waals surface area contributed by atoms with Gasteiger partial charge in [0.2, 0.25) is 12.2 Å². The van der Waals surface area contributed by atoms with Crippen molar-refractivity contribution >= 4 is 118 Å². The van der Waals surface area contributed by atoms with Crippen molar-refractivity contribution < 1.29 is 119 Å². The molecule has 0 spiro atoms. The maximum Gasteiger partial charge on any atom is 0.412 e. The van der Waals surface area contributed by atoms with Gasteiger partial charge in [0, 0.05) is 45.0 Å². The van der Waals surface area contributed by atoms with Gasteiger partial charge < -0.3 is 83.6 Å². The van der Waals surface area contributed by atoms with Crippen molar-refractivity contribution in [3.8, 4) is 5.75 Å². The lowest BCUT2D eigenvalue weighted by atomic mass is 9.99. The fourth-order valence-electron chi connectivity index (χ4n) is 9.81. The Morgan fingerprint density at radius 2 is 1.38 bits per heavy atom. The molecule has 0 bridgehead atoms. The van der Waals surface area contributed by atoms with E-state index in [1.54, 1.807) is 0 Å². The second-order valence-corrected chi connectivity index (χ2v) is 26.2. The number of aliphatic hydroxyl groups is 3. The van der Waals surface area contributed by atoms with E-state index in [1.165, 1.54) is 36.1 Å². The molecule has 10 rings (SSSR count). The van der Waals surface area contributed by atoms with E-state index in [1.807, 2.05) is 0 Å². The summed E-state index contributed by atoms with van der Waals surface area (Å²) in [6, 6.07) is 3.88. The first-order chi connectivity index (χ1) is 43.3. The summed E-state index contributed by atoms with van der Waals surface area (Å²) in [6.07, 6.45) is -19.9. The molecule has 9 heterocycles. The smallest absolute Gasteiger partial charge is 0.412 e. The summed E-state index contributed by atoms with van der Waals surface area (Å²) in [5.41, 5.74) is 5.98. The number of nitrogens with two attached hydrogens (primary N) is 1. The number of aromatic nitrogens is 8. The molecule has 4 aromatic heterocycles. The van der Waals surface area contributed by atoms with Crippen molar-refractivity contribution in [3.63, 3.8) is 0 Å². The number of benzene rings is 1. The third-order valence-electron chi connectivity index (χ3n) is 14.4. The normalized spacial score (nSPS) is 30.1. The largest absolute Gasteiger partial charge is 0.479 e. The van der Waals surface area contributed by atoms with E-state index in [2.05, 4.69) is 40.5 Å². The van der Waals surface area contributed by atoms with Crippen LogP contribution in [0.2, 0.25) is 0 Å². The van der Waals surface area contributed by atoms with Crippen LogP contribution in [0.4, 0.5) is 35.7 Å². The first kappa shape index (κ1) is 66.5. The van der Waals surface area contributed by atoms with Gasteiger partial charge in [0.25, 0.3) is 11.8 Å². The zero-order valence-corrected chi connectivity index (χ0v) is 50.3. The van der Waals surface area contributed by atoms with Crippen LogP contribution in [0.25, 0.3) is 22.3 Å². The molecule has 5 aliphatic rings. The number of anilines is 3. The summed E-state index contributed by atoms with van der Waals surface area (Å²) in [5, 5.41) is 45.6. The summed E-state index contributed by atoms with van der Waals surface area (Å²) in [6.45, 7) is -11.7. The number of imidazole rings is 2. The van der Waals surface area contributed by atoms with Crippen LogP contribution in [0.1, 0.15) is 43.7 Å². The number of imide groups is 1. The van der Waals surface area contributed by atoms with Crippen LogP contribution in [-0.2, 0) is 96.0 Å². The molecule has 0 aliphatic carbocycles. The molecular formula is C49H55F2N13O23P2S2. The van der Waals surface area contributed by atoms with Gasteiger partial charge in [0.1, 0.15) is 85.6 Å². The predicted molar refractivity (Wildman–Crippen MR) is 304 cm³/mol. The van der Waals surface area contributed by atoms with E-state index >= 15 is 8.78 Å². The van der Waals surface area contributed by atoms with E-state index < -0.39 is 156 Å². The molecule has 2 unspecified atom stereocenters. The Morgan fingerprint density at radius 3 is 2.01 bits per heavy atom. The van der Waals surface area contributed by atoms with Gasteiger partial charge in [-0.2, -0.15) is 0 Å². The molecule has 4 fully saturated rings. The molecule has 1 aromatic carbocycles. The Morgan fingerprint density at radius 1 is 0.780 bits per heavy atom. The number of ether oxygens (including phenoxy) is 6. The minimum atomic E-state index is -4.46. The second-order valence-electron chi connectivity index (χ2n) is 20.6. The van der Waals surface area contributed by atoms with Crippen LogP contribution in [0.15, 0.2) is 55.7 Å². The number of nitrogens with one attached hydrogen (secondary N) is 2. The molecule has 15 atom stereocenters. The number of Topliss-reactive ketones (excluding diaryl/α,β-unsaturated/α-hetero) is 1. The average molecular weight is 1360 g/mol. The van der Waals surface area contributed by atoms with Gasteiger partial charge in [-0.15, -0.1) is 0 Å². The average Bonchev–Trinajstić information content (AvgIpc) is 1.73. The molecule has 10 N–H and O–H groups in total. The lowest BCUT2D eigenvalue weighted by Crippen LogP contribution is -2.61. The number of halogens is 2. The summed E-state index contributed by atoms with van der Waals surface area (Å²) in [7, 11) is 1.31. The minimum absolute atomic E-state index is 0.00144. The Labute approximate surface area is 519 Å². The van der Waals surface area contributed by atoms with Crippen molar-refractivity contribution in [3.05, 3.63) is 61.2 Å². The van der Waals surface area contributed by atoms with Gasteiger partial charge in [0.15, 0.2) is 59.3 Å². The van der Waals surface area contributed by atoms with Gasteiger partial charge in [-0.25, -0.2) is 53.1 Å². The number of aliphatic carboxylic acids is 1. The Bertz CT molecular complexity index is 3750. The highest BCUT2D eigenvalue weighted by Gasteiger charge is 2.54. The summed E-state index contributed by atoms with van der Waals surface area (Å²) >= 11 is 10.5. The van der Waals surface area contributed by atoms with Crippen molar-refractivity contribution in [2.75, 3.05) is 56.3 Å².